The summed E-state index contributed by atoms with van der Waals surface area (Å²) in [5.41, 5.74) is 2.94. The molecule has 0 saturated heterocycles. The molecule has 1 N–H and O–H groups in total. The summed E-state index contributed by atoms with van der Waals surface area (Å²) in [6.45, 7) is 4.53. The highest BCUT2D eigenvalue weighted by molar-refractivity contribution is 5.94. The third-order valence-corrected chi connectivity index (χ3v) is 4.51. The van der Waals surface area contributed by atoms with E-state index >= 15 is 0 Å². The SMILES string of the molecule is CCCCOc1cccc(NC(=O)C(C)Oc2ccc(-c3ccccc3)cc2)c1. The Balaban J connectivity index is 1.56. The lowest BCUT2D eigenvalue weighted by molar-refractivity contribution is -0.122. The van der Waals surface area contributed by atoms with Crippen molar-refractivity contribution in [3.63, 3.8) is 0 Å². The molecule has 0 aliphatic heterocycles. The van der Waals surface area contributed by atoms with Crippen molar-refractivity contribution in [2.45, 2.75) is 32.8 Å². The first kappa shape index (κ1) is 20.5. The Kier molecular flexibility index (Phi) is 7.28. The fourth-order valence-corrected chi connectivity index (χ4v) is 2.86. The predicted molar refractivity (Wildman–Crippen MR) is 117 cm³/mol. The molecule has 0 aliphatic rings. The Hall–Kier alpha value is -3.27. The van der Waals surface area contributed by atoms with Crippen LogP contribution >= 0.6 is 0 Å². The standard InChI is InChI=1S/C25H27NO3/c1-3-4-17-28-24-12-8-11-22(18-24)26-25(27)19(2)29-23-15-13-21(14-16-23)20-9-6-5-7-10-20/h5-16,18-19H,3-4,17H2,1-2H3,(H,26,27). The molecule has 0 saturated carbocycles. The van der Waals surface area contributed by atoms with Crippen LogP contribution in [0.2, 0.25) is 0 Å². The topological polar surface area (TPSA) is 47.6 Å². The average Bonchev–Trinajstić information content (AvgIpc) is 2.75. The molecule has 0 bridgehead atoms. The van der Waals surface area contributed by atoms with Crippen LogP contribution in [0.4, 0.5) is 5.69 Å². The zero-order valence-corrected chi connectivity index (χ0v) is 16.9. The van der Waals surface area contributed by atoms with Gasteiger partial charge in [-0.05, 0) is 48.7 Å². The Bertz CT molecular complexity index is 907. The molecule has 3 aromatic carbocycles. The van der Waals surface area contributed by atoms with E-state index in [1.807, 2.05) is 66.7 Å². The number of nitrogens with one attached hydrogen (secondary N) is 1. The number of carbonyl (C=O) groups is 1. The number of hydrogen-bond acceptors (Lipinski definition) is 3. The lowest BCUT2D eigenvalue weighted by Gasteiger charge is -2.15. The van der Waals surface area contributed by atoms with Crippen molar-refractivity contribution in [1.82, 2.24) is 0 Å². The quantitative estimate of drug-likeness (QED) is 0.461. The molecule has 4 nitrogen and oxygen atoms in total. The van der Waals surface area contributed by atoms with Gasteiger partial charge in [-0.25, -0.2) is 0 Å². The van der Waals surface area contributed by atoms with E-state index in [1.165, 1.54) is 0 Å². The highest BCUT2D eigenvalue weighted by Crippen LogP contribution is 2.23. The average molecular weight is 389 g/mol. The summed E-state index contributed by atoms with van der Waals surface area (Å²) in [5, 5.41) is 2.89. The van der Waals surface area contributed by atoms with E-state index in [1.54, 1.807) is 6.92 Å². The third-order valence-electron chi connectivity index (χ3n) is 4.51. The molecule has 0 spiro atoms. The summed E-state index contributed by atoms with van der Waals surface area (Å²) in [4.78, 5) is 12.5. The molecule has 0 heterocycles. The van der Waals surface area contributed by atoms with Crippen molar-refractivity contribution in [2.75, 3.05) is 11.9 Å². The van der Waals surface area contributed by atoms with E-state index in [9.17, 15) is 4.79 Å². The second-order valence-corrected chi connectivity index (χ2v) is 6.87. The third kappa shape index (κ3) is 6.11. The van der Waals surface area contributed by atoms with Gasteiger partial charge < -0.3 is 14.8 Å². The van der Waals surface area contributed by atoms with Crippen LogP contribution in [-0.4, -0.2) is 18.6 Å². The molecule has 3 rings (SSSR count). The molecule has 150 valence electrons. The summed E-state index contributed by atoms with van der Waals surface area (Å²) in [7, 11) is 0. The number of carbonyl (C=O) groups excluding carboxylic acids is 1. The van der Waals surface area contributed by atoms with Gasteiger partial charge in [0.15, 0.2) is 6.10 Å². The van der Waals surface area contributed by atoms with Crippen molar-refractivity contribution in [2.24, 2.45) is 0 Å². The number of benzene rings is 3. The van der Waals surface area contributed by atoms with E-state index < -0.39 is 6.10 Å². The number of rotatable bonds is 9. The molecule has 1 atom stereocenters. The fourth-order valence-electron chi connectivity index (χ4n) is 2.86. The van der Waals surface area contributed by atoms with Gasteiger partial charge in [-0.3, -0.25) is 4.79 Å². The highest BCUT2D eigenvalue weighted by Gasteiger charge is 2.15. The molecular formula is C25H27NO3. The van der Waals surface area contributed by atoms with Crippen molar-refractivity contribution >= 4 is 11.6 Å². The van der Waals surface area contributed by atoms with Crippen molar-refractivity contribution in [3.8, 4) is 22.6 Å². The number of hydrogen-bond donors (Lipinski definition) is 1. The fraction of sp³-hybridized carbons (Fsp3) is 0.240. The number of anilines is 1. The van der Waals surface area contributed by atoms with Gasteiger partial charge in [0.2, 0.25) is 0 Å². The second-order valence-electron chi connectivity index (χ2n) is 6.87. The van der Waals surface area contributed by atoms with Crippen molar-refractivity contribution < 1.29 is 14.3 Å². The maximum Gasteiger partial charge on any atom is 0.265 e. The first-order chi connectivity index (χ1) is 14.2. The lowest BCUT2D eigenvalue weighted by Crippen LogP contribution is -2.30. The Morgan fingerprint density at radius 2 is 1.62 bits per heavy atom. The van der Waals surface area contributed by atoms with E-state index in [2.05, 4.69) is 24.4 Å². The van der Waals surface area contributed by atoms with Gasteiger partial charge in [0, 0.05) is 11.8 Å². The minimum atomic E-state index is -0.623. The summed E-state index contributed by atoms with van der Waals surface area (Å²) < 4.78 is 11.5. The van der Waals surface area contributed by atoms with Gasteiger partial charge in [0.05, 0.1) is 6.61 Å². The predicted octanol–water partition coefficient (Wildman–Crippen LogP) is 5.94. The smallest absolute Gasteiger partial charge is 0.265 e. The number of amides is 1. The largest absolute Gasteiger partial charge is 0.494 e. The monoisotopic (exact) mass is 389 g/mol. The van der Waals surface area contributed by atoms with Crippen LogP contribution in [0.25, 0.3) is 11.1 Å². The summed E-state index contributed by atoms with van der Waals surface area (Å²) in [6.07, 6.45) is 1.46. The molecule has 0 fully saturated rings. The summed E-state index contributed by atoms with van der Waals surface area (Å²) in [6, 6.07) is 25.3. The number of ether oxygens (including phenoxy) is 2. The minimum Gasteiger partial charge on any atom is -0.494 e. The van der Waals surface area contributed by atoms with Crippen LogP contribution in [0.5, 0.6) is 11.5 Å². The van der Waals surface area contributed by atoms with E-state index in [4.69, 9.17) is 9.47 Å². The molecule has 1 unspecified atom stereocenters. The maximum absolute atomic E-state index is 12.5. The highest BCUT2D eigenvalue weighted by atomic mass is 16.5. The number of unbranched alkanes of at least 4 members (excludes halogenated alkanes) is 1. The second kappa shape index (κ2) is 10.3. The molecule has 0 aromatic heterocycles. The van der Waals surface area contributed by atoms with E-state index in [-0.39, 0.29) is 5.91 Å². The first-order valence-corrected chi connectivity index (χ1v) is 10.0. The lowest BCUT2D eigenvalue weighted by atomic mass is 10.1. The van der Waals surface area contributed by atoms with Crippen LogP contribution in [0.3, 0.4) is 0 Å². The Morgan fingerprint density at radius 1 is 0.897 bits per heavy atom. The summed E-state index contributed by atoms with van der Waals surface area (Å²) >= 11 is 0. The van der Waals surface area contributed by atoms with E-state index in [0.29, 0.717) is 18.0 Å². The van der Waals surface area contributed by atoms with Crippen LogP contribution in [0.1, 0.15) is 26.7 Å². The maximum atomic E-state index is 12.5. The molecule has 0 aliphatic carbocycles. The van der Waals surface area contributed by atoms with Gasteiger partial charge in [-0.2, -0.15) is 0 Å². The van der Waals surface area contributed by atoms with Crippen LogP contribution in [0.15, 0.2) is 78.9 Å². The molecular weight excluding hydrogens is 362 g/mol. The van der Waals surface area contributed by atoms with E-state index in [0.717, 1.165) is 29.7 Å². The zero-order chi connectivity index (χ0) is 20.5. The zero-order valence-electron chi connectivity index (χ0n) is 16.9. The van der Waals surface area contributed by atoms with Crippen LogP contribution < -0.4 is 14.8 Å². The van der Waals surface area contributed by atoms with Gasteiger partial charge in [-0.15, -0.1) is 0 Å². The normalized spacial score (nSPS) is 11.5. The summed E-state index contributed by atoms with van der Waals surface area (Å²) in [5.74, 6) is 1.20. The Labute approximate surface area is 172 Å². The van der Waals surface area contributed by atoms with Crippen molar-refractivity contribution in [1.29, 1.82) is 0 Å². The van der Waals surface area contributed by atoms with Gasteiger partial charge in [0.1, 0.15) is 11.5 Å². The molecule has 4 heteroatoms. The van der Waals surface area contributed by atoms with Crippen molar-refractivity contribution in [3.05, 3.63) is 78.9 Å². The van der Waals surface area contributed by atoms with Crippen LogP contribution in [0, 0.1) is 0 Å². The molecule has 1 amide bonds. The van der Waals surface area contributed by atoms with Crippen LogP contribution in [-0.2, 0) is 4.79 Å². The van der Waals surface area contributed by atoms with Gasteiger partial charge in [0.25, 0.3) is 5.91 Å². The molecule has 0 radical (unpaired) electrons. The van der Waals surface area contributed by atoms with Gasteiger partial charge in [-0.1, -0.05) is 61.9 Å². The minimum absolute atomic E-state index is 0.206. The molecule has 3 aromatic rings. The molecule has 29 heavy (non-hydrogen) atoms. The first-order valence-electron chi connectivity index (χ1n) is 10.0. The van der Waals surface area contributed by atoms with Gasteiger partial charge >= 0.3 is 0 Å². The Morgan fingerprint density at radius 3 is 2.34 bits per heavy atom.